The molecule has 10 heteroatoms. The molecule has 196 valence electrons. The average molecular weight is 507 g/mol. The summed E-state index contributed by atoms with van der Waals surface area (Å²) >= 11 is 0. The first kappa shape index (κ1) is 27.4. The summed E-state index contributed by atoms with van der Waals surface area (Å²) in [6, 6.07) is 8.85. The van der Waals surface area contributed by atoms with E-state index in [1.165, 1.54) is 6.08 Å². The van der Waals surface area contributed by atoms with Crippen LogP contribution >= 0.6 is 0 Å². The summed E-state index contributed by atoms with van der Waals surface area (Å²) in [5.74, 6) is 2.02. The van der Waals surface area contributed by atoms with E-state index in [0.717, 1.165) is 11.3 Å². The zero-order chi connectivity index (χ0) is 26.8. The number of ether oxygens (including phenoxy) is 2. The number of piperidine rings is 1. The third-order valence-corrected chi connectivity index (χ3v) is 6.03. The molecule has 1 aromatic carbocycles. The molecule has 1 aromatic heterocycles. The monoisotopic (exact) mass is 506 g/mol. The molecule has 0 unspecified atom stereocenters. The fraction of sp³-hybridized carbons (Fsp3) is 0.370. The summed E-state index contributed by atoms with van der Waals surface area (Å²) in [5.41, 5.74) is 12.6. The second-order valence-corrected chi connectivity index (χ2v) is 8.50. The van der Waals surface area contributed by atoms with Crippen LogP contribution in [0.5, 0.6) is 0 Å². The molecule has 0 aliphatic carbocycles. The van der Waals surface area contributed by atoms with Crippen LogP contribution in [-0.4, -0.2) is 66.9 Å². The van der Waals surface area contributed by atoms with Gasteiger partial charge in [-0.1, -0.05) is 24.6 Å². The van der Waals surface area contributed by atoms with E-state index in [-0.39, 0.29) is 19.2 Å². The number of aromatic nitrogens is 1. The van der Waals surface area contributed by atoms with E-state index in [4.69, 9.17) is 21.6 Å². The highest BCUT2D eigenvalue weighted by Crippen LogP contribution is 2.23. The SMILES string of the molecule is C#Cc1cccc(N=C(N)c2c(CN3CC[C@@H](NC(=O)OCC=C)[C@@H](C(=O)OCC)C3)ccn2NC)c1. The molecule has 10 nitrogen and oxygen atoms in total. The van der Waals surface area contributed by atoms with E-state index in [0.29, 0.717) is 43.1 Å². The van der Waals surface area contributed by atoms with Gasteiger partial charge in [-0.05, 0) is 43.2 Å². The number of rotatable bonds is 10. The minimum atomic E-state index is -0.584. The number of hydrogen-bond acceptors (Lipinski definition) is 7. The third-order valence-electron chi connectivity index (χ3n) is 6.03. The van der Waals surface area contributed by atoms with Crippen LogP contribution < -0.4 is 16.5 Å². The quantitative estimate of drug-likeness (QED) is 0.149. The minimum Gasteiger partial charge on any atom is -0.466 e. The molecule has 1 aliphatic heterocycles. The number of carbonyl (C=O) groups excluding carboxylic acids is 2. The Morgan fingerprint density at radius 3 is 2.86 bits per heavy atom. The number of esters is 1. The molecule has 1 saturated heterocycles. The summed E-state index contributed by atoms with van der Waals surface area (Å²) in [4.78, 5) is 31.6. The van der Waals surface area contributed by atoms with Gasteiger partial charge < -0.3 is 25.9 Å². The first-order valence-corrected chi connectivity index (χ1v) is 12.1. The van der Waals surface area contributed by atoms with Crippen LogP contribution in [0, 0.1) is 18.3 Å². The van der Waals surface area contributed by atoms with Crippen LogP contribution in [0.25, 0.3) is 0 Å². The lowest BCUT2D eigenvalue weighted by Gasteiger charge is -2.37. The van der Waals surface area contributed by atoms with Gasteiger partial charge in [0.05, 0.1) is 18.2 Å². The number of nitrogens with one attached hydrogen (secondary N) is 2. The molecule has 0 spiro atoms. The molecule has 1 amide bonds. The number of nitrogens with two attached hydrogens (primary N) is 1. The predicted molar refractivity (Wildman–Crippen MR) is 143 cm³/mol. The number of aliphatic imine (C=N–C) groups is 1. The molecule has 1 fully saturated rings. The van der Waals surface area contributed by atoms with Crippen LogP contribution in [0.1, 0.15) is 30.2 Å². The van der Waals surface area contributed by atoms with Gasteiger partial charge in [0.2, 0.25) is 0 Å². The molecule has 0 bridgehead atoms. The van der Waals surface area contributed by atoms with Gasteiger partial charge in [-0.25, -0.2) is 9.79 Å². The van der Waals surface area contributed by atoms with Crippen molar-refractivity contribution in [1.29, 1.82) is 0 Å². The zero-order valence-electron chi connectivity index (χ0n) is 21.3. The van der Waals surface area contributed by atoms with Gasteiger partial charge in [0.25, 0.3) is 0 Å². The van der Waals surface area contributed by atoms with Crippen molar-refractivity contribution in [1.82, 2.24) is 14.9 Å². The Bertz CT molecular complexity index is 1180. The molecular weight excluding hydrogens is 472 g/mol. The lowest BCUT2D eigenvalue weighted by Crippen LogP contribution is -2.53. The van der Waals surface area contributed by atoms with Crippen LogP contribution in [-0.2, 0) is 20.8 Å². The Kier molecular flexibility index (Phi) is 9.75. The zero-order valence-corrected chi connectivity index (χ0v) is 21.3. The van der Waals surface area contributed by atoms with Crippen molar-refractivity contribution in [3.8, 4) is 12.3 Å². The lowest BCUT2D eigenvalue weighted by molar-refractivity contribution is -0.151. The normalized spacial score (nSPS) is 17.9. The summed E-state index contributed by atoms with van der Waals surface area (Å²) in [7, 11) is 1.79. The topological polar surface area (TPSA) is 123 Å². The van der Waals surface area contributed by atoms with E-state index in [2.05, 4.69) is 33.1 Å². The first-order valence-electron chi connectivity index (χ1n) is 12.1. The largest absolute Gasteiger partial charge is 0.466 e. The van der Waals surface area contributed by atoms with Crippen molar-refractivity contribution in [3.05, 3.63) is 66.0 Å². The van der Waals surface area contributed by atoms with Crippen molar-refractivity contribution in [2.45, 2.75) is 25.9 Å². The summed E-state index contributed by atoms with van der Waals surface area (Å²) in [6.07, 6.45) is 8.84. The molecule has 2 atom stereocenters. The van der Waals surface area contributed by atoms with Gasteiger partial charge >= 0.3 is 12.1 Å². The number of hydrogen-bond donors (Lipinski definition) is 3. The van der Waals surface area contributed by atoms with Crippen molar-refractivity contribution < 1.29 is 19.1 Å². The van der Waals surface area contributed by atoms with Crippen molar-refractivity contribution in [3.63, 3.8) is 0 Å². The second kappa shape index (κ2) is 13.2. The first-order chi connectivity index (χ1) is 17.9. The van der Waals surface area contributed by atoms with E-state index < -0.39 is 18.1 Å². The Labute approximate surface area is 217 Å². The smallest absolute Gasteiger partial charge is 0.407 e. The highest BCUT2D eigenvalue weighted by Gasteiger charge is 2.37. The number of terminal acetylenes is 1. The highest BCUT2D eigenvalue weighted by molar-refractivity contribution is 5.99. The summed E-state index contributed by atoms with van der Waals surface area (Å²) < 4.78 is 12.1. The van der Waals surface area contributed by atoms with Gasteiger partial charge in [0.1, 0.15) is 18.1 Å². The number of alkyl carbamates (subject to hydrolysis) is 1. The van der Waals surface area contributed by atoms with E-state index in [1.807, 2.05) is 30.5 Å². The van der Waals surface area contributed by atoms with Crippen molar-refractivity contribution >= 4 is 23.6 Å². The molecular formula is C27H34N6O4. The maximum absolute atomic E-state index is 12.8. The molecule has 2 aromatic rings. The van der Waals surface area contributed by atoms with Gasteiger partial charge in [-0.2, -0.15) is 0 Å². The summed E-state index contributed by atoms with van der Waals surface area (Å²) in [5, 5.41) is 2.80. The molecule has 2 heterocycles. The van der Waals surface area contributed by atoms with Crippen LogP contribution in [0.3, 0.4) is 0 Å². The Balaban J connectivity index is 1.80. The minimum absolute atomic E-state index is 0.0932. The number of carbonyl (C=O) groups is 2. The molecule has 3 rings (SSSR count). The van der Waals surface area contributed by atoms with Gasteiger partial charge in [-0.3, -0.25) is 14.4 Å². The molecule has 0 radical (unpaired) electrons. The Morgan fingerprint density at radius 2 is 2.16 bits per heavy atom. The third kappa shape index (κ3) is 7.15. The standard InChI is InChI=1S/C27H34N6O4/c1-5-15-37-27(35)31-23-12-13-32(18-22(23)26(34)36-7-3)17-20-11-14-33(29-4)24(20)25(28)30-21-10-8-9-19(6-2)16-21/h2,5,8-11,14,16,22-23,29H,1,7,12-13,15,17-18H2,3-4H3,(H2,28,30)(H,31,35)/t22-,23+/m0/s1. The van der Waals surface area contributed by atoms with Crippen molar-refractivity contribution in [2.24, 2.45) is 16.6 Å². The number of nitrogens with zero attached hydrogens (tertiary/aromatic N) is 3. The van der Waals surface area contributed by atoms with Gasteiger partial charge in [0.15, 0.2) is 0 Å². The summed E-state index contributed by atoms with van der Waals surface area (Å²) in [6.45, 7) is 7.21. The molecule has 0 saturated carbocycles. The average Bonchev–Trinajstić information content (AvgIpc) is 3.31. The lowest BCUT2D eigenvalue weighted by atomic mass is 9.91. The molecule has 1 aliphatic rings. The van der Waals surface area contributed by atoms with Crippen LogP contribution in [0.4, 0.5) is 10.5 Å². The highest BCUT2D eigenvalue weighted by atomic mass is 16.5. The van der Waals surface area contributed by atoms with Crippen LogP contribution in [0.15, 0.2) is 54.2 Å². The maximum Gasteiger partial charge on any atom is 0.407 e. The molecule has 37 heavy (non-hydrogen) atoms. The van der Waals surface area contributed by atoms with E-state index in [9.17, 15) is 9.59 Å². The van der Waals surface area contributed by atoms with Crippen LogP contribution in [0.2, 0.25) is 0 Å². The number of benzene rings is 1. The van der Waals surface area contributed by atoms with Gasteiger partial charge in [-0.15, -0.1) is 6.42 Å². The fourth-order valence-electron chi connectivity index (χ4n) is 4.32. The number of amidine groups is 1. The van der Waals surface area contributed by atoms with Gasteiger partial charge in [0, 0.05) is 44.5 Å². The Morgan fingerprint density at radius 1 is 1.35 bits per heavy atom. The van der Waals surface area contributed by atoms with E-state index >= 15 is 0 Å². The van der Waals surface area contributed by atoms with Crippen molar-refractivity contribution in [2.75, 3.05) is 38.8 Å². The predicted octanol–water partition coefficient (Wildman–Crippen LogP) is 2.35. The fourth-order valence-corrected chi connectivity index (χ4v) is 4.32. The Hall–Kier alpha value is -4.23. The number of amides is 1. The number of likely N-dealkylation sites (tertiary alicyclic amines) is 1. The van der Waals surface area contributed by atoms with E-state index in [1.54, 1.807) is 24.7 Å². The second-order valence-electron chi connectivity index (χ2n) is 8.50. The maximum atomic E-state index is 12.8. The molecule has 4 N–H and O–H groups in total.